The number of rotatable bonds is 7. The van der Waals surface area contributed by atoms with E-state index in [4.69, 9.17) is 4.98 Å². The Morgan fingerprint density at radius 2 is 1.85 bits per heavy atom. The van der Waals surface area contributed by atoms with Crippen molar-refractivity contribution in [2.75, 3.05) is 32.1 Å². The van der Waals surface area contributed by atoms with Crippen LogP contribution in [0.15, 0.2) is 46.9 Å². The van der Waals surface area contributed by atoms with Crippen LogP contribution in [0.1, 0.15) is 29.3 Å². The summed E-state index contributed by atoms with van der Waals surface area (Å²) in [5.74, 6) is -0.00368. The molecular weight excluding hydrogens is 422 g/mol. The first-order valence-electron chi connectivity index (χ1n) is 9.09. The maximum atomic E-state index is 13.2. The Balaban J connectivity index is 1.93. The van der Waals surface area contributed by atoms with E-state index in [0.29, 0.717) is 12.1 Å². The third-order valence-electron chi connectivity index (χ3n) is 4.40. The average Bonchev–Trinajstić information content (AvgIpc) is 3.07. The normalized spacial score (nSPS) is 11.3. The van der Waals surface area contributed by atoms with Gasteiger partial charge in [0, 0.05) is 16.6 Å². The van der Waals surface area contributed by atoms with Crippen LogP contribution in [0, 0.1) is 0 Å². The predicted octanol–water partition coefficient (Wildman–Crippen LogP) is 5.22. The van der Waals surface area contributed by atoms with Gasteiger partial charge in [-0.25, -0.2) is 4.98 Å². The Morgan fingerprint density at radius 1 is 1.11 bits per heavy atom. The number of amides is 1. The van der Waals surface area contributed by atoms with E-state index in [1.54, 1.807) is 11.3 Å². The lowest BCUT2D eigenvalue weighted by Gasteiger charge is -2.21. The molecule has 0 saturated carbocycles. The fraction of sp³-hybridized carbons (Fsp3) is 0.333. The van der Waals surface area contributed by atoms with Gasteiger partial charge in [0.15, 0.2) is 5.13 Å². The Morgan fingerprint density at radius 3 is 2.52 bits per heavy atom. The molecule has 0 saturated heterocycles. The lowest BCUT2D eigenvalue weighted by molar-refractivity contribution is 0.0986. The molecule has 0 aliphatic heterocycles. The summed E-state index contributed by atoms with van der Waals surface area (Å²) in [4.78, 5) is 21.9. The van der Waals surface area contributed by atoms with E-state index >= 15 is 0 Å². The van der Waals surface area contributed by atoms with Crippen molar-refractivity contribution in [1.29, 1.82) is 0 Å². The van der Waals surface area contributed by atoms with E-state index < -0.39 is 0 Å². The Labute approximate surface area is 172 Å². The third-order valence-corrected chi connectivity index (χ3v) is 5.97. The summed E-state index contributed by atoms with van der Waals surface area (Å²) in [6, 6.07) is 13.9. The van der Waals surface area contributed by atoms with Crippen LogP contribution in [0.5, 0.6) is 0 Å². The molecule has 3 aromatic rings. The highest BCUT2D eigenvalue weighted by molar-refractivity contribution is 9.10. The maximum Gasteiger partial charge on any atom is 0.260 e. The van der Waals surface area contributed by atoms with Gasteiger partial charge in [0.1, 0.15) is 0 Å². The molecule has 142 valence electrons. The highest BCUT2D eigenvalue weighted by atomic mass is 79.9. The molecule has 0 N–H and O–H groups in total. The predicted molar refractivity (Wildman–Crippen MR) is 118 cm³/mol. The summed E-state index contributed by atoms with van der Waals surface area (Å²) in [5, 5.41) is 0.768. The van der Waals surface area contributed by atoms with Crippen molar-refractivity contribution in [2.45, 2.75) is 19.8 Å². The Kier molecular flexibility index (Phi) is 6.63. The number of carbonyl (C=O) groups is 1. The number of thiazole rings is 1. The van der Waals surface area contributed by atoms with E-state index in [2.05, 4.69) is 46.0 Å². The van der Waals surface area contributed by atoms with E-state index in [-0.39, 0.29) is 5.91 Å². The number of benzene rings is 2. The van der Waals surface area contributed by atoms with Gasteiger partial charge in [0.25, 0.3) is 5.91 Å². The van der Waals surface area contributed by atoms with Crippen LogP contribution in [0.2, 0.25) is 0 Å². The molecule has 0 radical (unpaired) electrons. The van der Waals surface area contributed by atoms with Crippen molar-refractivity contribution in [1.82, 2.24) is 9.88 Å². The topological polar surface area (TPSA) is 36.4 Å². The number of aromatic nitrogens is 1. The van der Waals surface area contributed by atoms with Gasteiger partial charge in [0.05, 0.1) is 10.2 Å². The van der Waals surface area contributed by atoms with Gasteiger partial charge in [-0.05, 0) is 75.4 Å². The van der Waals surface area contributed by atoms with Gasteiger partial charge in [-0.2, -0.15) is 0 Å². The largest absolute Gasteiger partial charge is 0.309 e. The number of hydrogen-bond acceptors (Lipinski definition) is 4. The minimum absolute atomic E-state index is 0.00368. The maximum absolute atomic E-state index is 13.2. The summed E-state index contributed by atoms with van der Waals surface area (Å²) in [7, 11) is 4.09. The summed E-state index contributed by atoms with van der Waals surface area (Å²) in [5.41, 5.74) is 2.92. The summed E-state index contributed by atoms with van der Waals surface area (Å²) < 4.78 is 2.09. The molecule has 0 unspecified atom stereocenters. The fourth-order valence-electron chi connectivity index (χ4n) is 2.87. The van der Waals surface area contributed by atoms with Gasteiger partial charge >= 0.3 is 0 Å². The summed E-state index contributed by atoms with van der Waals surface area (Å²) >= 11 is 5.02. The summed E-state index contributed by atoms with van der Waals surface area (Å²) in [6.45, 7) is 3.72. The van der Waals surface area contributed by atoms with E-state index in [1.807, 2.05) is 43.3 Å². The minimum Gasteiger partial charge on any atom is -0.309 e. The minimum atomic E-state index is -0.00368. The molecule has 0 spiro atoms. The van der Waals surface area contributed by atoms with Crippen molar-refractivity contribution in [3.05, 3.63) is 58.1 Å². The lowest BCUT2D eigenvalue weighted by atomic mass is 10.2. The molecule has 2 aromatic carbocycles. The summed E-state index contributed by atoms with van der Waals surface area (Å²) in [6.07, 6.45) is 1.89. The number of carbonyl (C=O) groups excluding carboxylic acids is 1. The van der Waals surface area contributed by atoms with Crippen LogP contribution in [0.3, 0.4) is 0 Å². The van der Waals surface area contributed by atoms with Crippen LogP contribution < -0.4 is 4.90 Å². The molecule has 0 atom stereocenters. The third kappa shape index (κ3) is 4.94. The van der Waals surface area contributed by atoms with Crippen LogP contribution in [-0.2, 0) is 6.42 Å². The van der Waals surface area contributed by atoms with E-state index in [0.717, 1.165) is 39.2 Å². The Hall–Kier alpha value is -1.76. The number of nitrogens with zero attached hydrogens (tertiary/aromatic N) is 3. The van der Waals surface area contributed by atoms with Crippen LogP contribution >= 0.6 is 27.3 Å². The first-order chi connectivity index (χ1) is 13.0. The average molecular weight is 446 g/mol. The van der Waals surface area contributed by atoms with Crippen LogP contribution in [-0.4, -0.2) is 43.0 Å². The zero-order valence-corrected chi connectivity index (χ0v) is 18.3. The lowest BCUT2D eigenvalue weighted by Crippen LogP contribution is -2.33. The highest BCUT2D eigenvalue weighted by Crippen LogP contribution is 2.31. The first-order valence-corrected chi connectivity index (χ1v) is 10.7. The monoisotopic (exact) mass is 445 g/mol. The fourth-order valence-corrected chi connectivity index (χ4v) is 4.19. The molecule has 1 heterocycles. The molecule has 0 bridgehead atoms. The number of halogens is 1. The number of anilines is 1. The highest BCUT2D eigenvalue weighted by Gasteiger charge is 2.21. The molecular formula is C21H24BrN3OS. The first kappa shape index (κ1) is 20.0. The van der Waals surface area contributed by atoms with Crippen LogP contribution in [0.25, 0.3) is 10.2 Å². The molecule has 6 heteroatoms. The second-order valence-corrected chi connectivity index (χ2v) is 8.70. The second kappa shape index (κ2) is 8.95. The zero-order chi connectivity index (χ0) is 19.4. The van der Waals surface area contributed by atoms with Gasteiger partial charge in [-0.1, -0.05) is 40.3 Å². The van der Waals surface area contributed by atoms with E-state index in [9.17, 15) is 4.79 Å². The second-order valence-electron chi connectivity index (χ2n) is 6.77. The molecule has 1 amide bonds. The van der Waals surface area contributed by atoms with Gasteiger partial charge in [-0.3, -0.25) is 9.69 Å². The Bertz CT molecular complexity index is 921. The number of aryl methyl sites for hydroxylation is 1. The molecule has 27 heavy (non-hydrogen) atoms. The molecule has 3 rings (SSSR count). The molecule has 0 fully saturated rings. The van der Waals surface area contributed by atoms with Crippen molar-refractivity contribution in [2.24, 2.45) is 0 Å². The standard InChI is InChI=1S/C21H24BrN3OS/c1-4-15-6-11-18-19(14-15)27-21(23-18)25(13-5-12-24(2)3)20(26)16-7-9-17(22)10-8-16/h6-11,14H,4-5,12-13H2,1-3H3. The van der Waals surface area contributed by atoms with Crippen molar-refractivity contribution >= 4 is 48.5 Å². The van der Waals surface area contributed by atoms with E-state index in [1.165, 1.54) is 5.56 Å². The molecule has 0 aliphatic rings. The molecule has 4 nitrogen and oxygen atoms in total. The number of fused-ring (bicyclic) bond motifs is 1. The van der Waals surface area contributed by atoms with Gasteiger partial charge in [-0.15, -0.1) is 0 Å². The van der Waals surface area contributed by atoms with Gasteiger partial charge < -0.3 is 4.90 Å². The van der Waals surface area contributed by atoms with Gasteiger partial charge in [0.2, 0.25) is 0 Å². The zero-order valence-electron chi connectivity index (χ0n) is 15.9. The SMILES string of the molecule is CCc1ccc2nc(N(CCCN(C)C)C(=O)c3ccc(Br)cc3)sc2c1. The molecule has 0 aliphatic carbocycles. The number of hydrogen-bond donors (Lipinski definition) is 0. The molecule has 1 aromatic heterocycles. The van der Waals surface area contributed by atoms with Crippen LogP contribution in [0.4, 0.5) is 5.13 Å². The quantitative estimate of drug-likeness (QED) is 0.499. The van der Waals surface area contributed by atoms with Crippen molar-refractivity contribution in [3.63, 3.8) is 0 Å². The smallest absolute Gasteiger partial charge is 0.260 e. The van der Waals surface area contributed by atoms with Crippen molar-refractivity contribution < 1.29 is 4.79 Å². The van der Waals surface area contributed by atoms with Crippen molar-refractivity contribution in [3.8, 4) is 0 Å².